The van der Waals surface area contributed by atoms with Crippen LogP contribution in [0.4, 0.5) is 0 Å². The molecule has 4 heteroatoms. The molecule has 0 spiro atoms. The molecule has 0 bridgehead atoms. The predicted octanol–water partition coefficient (Wildman–Crippen LogP) is 1.88. The second kappa shape index (κ2) is 5.41. The van der Waals surface area contributed by atoms with Crippen LogP contribution in [-0.2, 0) is 11.3 Å². The van der Waals surface area contributed by atoms with E-state index in [4.69, 9.17) is 5.26 Å². The lowest BCUT2D eigenvalue weighted by atomic mass is 9.98. The zero-order valence-corrected chi connectivity index (χ0v) is 11.1. The fraction of sp³-hybridized carbons (Fsp3) is 0.467. The Hall–Kier alpha value is -1.86. The van der Waals surface area contributed by atoms with Crippen LogP contribution in [0.15, 0.2) is 30.3 Å². The van der Waals surface area contributed by atoms with Gasteiger partial charge in [-0.25, -0.2) is 0 Å². The van der Waals surface area contributed by atoms with Crippen LogP contribution in [0.5, 0.6) is 0 Å². The Bertz CT molecular complexity index is 495. The molecule has 1 heterocycles. The molecule has 1 unspecified atom stereocenters. The molecule has 2 rings (SSSR count). The Kier molecular flexibility index (Phi) is 3.87. The van der Waals surface area contributed by atoms with Crippen molar-refractivity contribution in [3.05, 3.63) is 35.9 Å². The molecule has 3 atom stereocenters. The zero-order valence-electron chi connectivity index (χ0n) is 11.1. The van der Waals surface area contributed by atoms with Gasteiger partial charge < -0.3 is 9.59 Å². The molecule has 1 N–H and O–H groups in total. The second-order valence-corrected chi connectivity index (χ2v) is 5.35. The van der Waals surface area contributed by atoms with Gasteiger partial charge in [-0.05, 0) is 6.92 Å². The first-order valence-electron chi connectivity index (χ1n) is 6.61. The summed E-state index contributed by atoms with van der Waals surface area (Å²) < 4.78 is 0.694. The number of hydrogen-bond donors (Lipinski definition) is 1. The number of carbonyl (C=O) groups is 1. The SMILES string of the molecule is CC[N+]1(Cc2ccccc2)C[C@@H](C#N)[C@@H](C(=O)O)C1. The quantitative estimate of drug-likeness (QED) is 0.840. The first kappa shape index (κ1) is 13.6. The van der Waals surface area contributed by atoms with Crippen molar-refractivity contribution < 1.29 is 14.4 Å². The molecule has 0 aliphatic carbocycles. The number of nitriles is 1. The lowest BCUT2D eigenvalue weighted by Crippen LogP contribution is -2.45. The normalized spacial score (nSPS) is 29.9. The van der Waals surface area contributed by atoms with E-state index in [0.717, 1.165) is 13.1 Å². The summed E-state index contributed by atoms with van der Waals surface area (Å²) in [7, 11) is 0. The van der Waals surface area contributed by atoms with Crippen LogP contribution in [0.25, 0.3) is 0 Å². The van der Waals surface area contributed by atoms with Gasteiger partial charge in [0.05, 0.1) is 25.7 Å². The van der Waals surface area contributed by atoms with Crippen molar-refractivity contribution in [3.63, 3.8) is 0 Å². The third-order valence-corrected chi connectivity index (χ3v) is 4.17. The molecule has 0 aromatic heterocycles. The van der Waals surface area contributed by atoms with E-state index in [1.165, 1.54) is 5.56 Å². The van der Waals surface area contributed by atoms with Crippen LogP contribution in [0, 0.1) is 23.2 Å². The van der Waals surface area contributed by atoms with Gasteiger partial charge in [-0.2, -0.15) is 5.26 Å². The van der Waals surface area contributed by atoms with Crippen LogP contribution in [0.1, 0.15) is 12.5 Å². The highest BCUT2D eigenvalue weighted by Gasteiger charge is 2.48. The molecule has 1 aromatic rings. The highest BCUT2D eigenvalue weighted by Crippen LogP contribution is 2.31. The van der Waals surface area contributed by atoms with E-state index in [9.17, 15) is 9.90 Å². The molecule has 1 saturated heterocycles. The Balaban J connectivity index is 2.21. The smallest absolute Gasteiger partial charge is 0.313 e. The molecule has 4 nitrogen and oxygen atoms in total. The molecule has 1 aromatic carbocycles. The molecule has 1 aliphatic rings. The standard InChI is InChI=1S/C15H18N2O2/c1-2-17(9-12-6-4-3-5-7-12)10-13(8-16)14(11-17)15(18)19/h3-7,13-14H,2,9-11H2,1H3/p+1/t13-,14+,17?/m1/s1. The molecule has 0 saturated carbocycles. The van der Waals surface area contributed by atoms with Crippen molar-refractivity contribution >= 4 is 5.97 Å². The van der Waals surface area contributed by atoms with E-state index in [2.05, 4.69) is 25.1 Å². The summed E-state index contributed by atoms with van der Waals surface area (Å²) in [6, 6.07) is 12.3. The molecule has 1 fully saturated rings. The number of rotatable bonds is 4. The lowest BCUT2D eigenvalue weighted by molar-refractivity contribution is -0.929. The lowest BCUT2D eigenvalue weighted by Gasteiger charge is -2.33. The van der Waals surface area contributed by atoms with Gasteiger partial charge in [0.1, 0.15) is 18.4 Å². The van der Waals surface area contributed by atoms with Gasteiger partial charge in [0.2, 0.25) is 0 Å². The number of carboxylic acids is 1. The summed E-state index contributed by atoms with van der Waals surface area (Å²) in [5.74, 6) is -1.75. The Morgan fingerprint density at radius 1 is 1.42 bits per heavy atom. The van der Waals surface area contributed by atoms with E-state index >= 15 is 0 Å². The summed E-state index contributed by atoms with van der Waals surface area (Å²) in [4.78, 5) is 11.3. The minimum Gasteiger partial charge on any atom is -0.481 e. The van der Waals surface area contributed by atoms with Gasteiger partial charge in [-0.3, -0.25) is 4.79 Å². The largest absolute Gasteiger partial charge is 0.481 e. The van der Waals surface area contributed by atoms with Gasteiger partial charge in [0, 0.05) is 5.56 Å². The van der Waals surface area contributed by atoms with E-state index in [1.54, 1.807) is 0 Å². The number of carboxylic acid groups (broad SMARTS) is 1. The molecular formula is C15H19N2O2+. The summed E-state index contributed by atoms with van der Waals surface area (Å²) in [6.07, 6.45) is 0. The van der Waals surface area contributed by atoms with Crippen LogP contribution in [-0.4, -0.2) is 35.2 Å². The molecular weight excluding hydrogens is 240 g/mol. The minimum absolute atomic E-state index is 0.374. The Morgan fingerprint density at radius 2 is 2.11 bits per heavy atom. The monoisotopic (exact) mass is 259 g/mol. The van der Waals surface area contributed by atoms with Crippen LogP contribution in [0.2, 0.25) is 0 Å². The highest BCUT2D eigenvalue weighted by atomic mass is 16.4. The average Bonchev–Trinajstić information content (AvgIpc) is 2.80. The number of benzene rings is 1. The number of hydrogen-bond acceptors (Lipinski definition) is 2. The van der Waals surface area contributed by atoms with Gasteiger partial charge in [0.25, 0.3) is 0 Å². The van der Waals surface area contributed by atoms with Gasteiger partial charge in [-0.15, -0.1) is 0 Å². The van der Waals surface area contributed by atoms with Crippen molar-refractivity contribution in [3.8, 4) is 6.07 Å². The number of quaternary nitrogens is 1. The molecule has 19 heavy (non-hydrogen) atoms. The molecule has 0 radical (unpaired) electrons. The van der Waals surface area contributed by atoms with E-state index in [0.29, 0.717) is 17.6 Å². The summed E-state index contributed by atoms with van der Waals surface area (Å²) in [5.41, 5.74) is 1.20. The number of aliphatic carboxylic acids is 1. The number of nitrogens with zero attached hydrogens (tertiary/aromatic N) is 2. The van der Waals surface area contributed by atoms with Crippen molar-refractivity contribution in [2.75, 3.05) is 19.6 Å². The average molecular weight is 259 g/mol. The Morgan fingerprint density at radius 3 is 2.58 bits per heavy atom. The van der Waals surface area contributed by atoms with Crippen molar-refractivity contribution in [1.82, 2.24) is 0 Å². The second-order valence-electron chi connectivity index (χ2n) is 5.35. The molecule has 0 amide bonds. The maximum absolute atomic E-state index is 11.3. The van der Waals surface area contributed by atoms with Crippen LogP contribution in [0.3, 0.4) is 0 Å². The van der Waals surface area contributed by atoms with E-state index < -0.39 is 11.9 Å². The molecule has 1 aliphatic heterocycles. The summed E-state index contributed by atoms with van der Waals surface area (Å²) in [6.45, 7) is 4.93. The Labute approximate surface area is 113 Å². The van der Waals surface area contributed by atoms with Crippen molar-refractivity contribution in [2.24, 2.45) is 11.8 Å². The number of likely N-dealkylation sites (tertiary alicyclic amines) is 1. The fourth-order valence-electron chi connectivity index (χ4n) is 3.01. The topological polar surface area (TPSA) is 61.1 Å². The maximum atomic E-state index is 11.3. The predicted molar refractivity (Wildman–Crippen MR) is 70.9 cm³/mol. The first-order chi connectivity index (χ1) is 9.10. The fourth-order valence-corrected chi connectivity index (χ4v) is 3.01. The zero-order chi connectivity index (χ0) is 13.9. The summed E-state index contributed by atoms with van der Waals surface area (Å²) >= 11 is 0. The minimum atomic E-state index is -0.840. The van der Waals surface area contributed by atoms with Crippen LogP contribution >= 0.6 is 0 Å². The van der Waals surface area contributed by atoms with Gasteiger partial charge >= 0.3 is 5.97 Å². The first-order valence-corrected chi connectivity index (χ1v) is 6.61. The molecule has 100 valence electrons. The van der Waals surface area contributed by atoms with Crippen LogP contribution < -0.4 is 0 Å². The van der Waals surface area contributed by atoms with Gasteiger partial charge in [-0.1, -0.05) is 30.3 Å². The third kappa shape index (κ3) is 2.77. The van der Waals surface area contributed by atoms with E-state index in [-0.39, 0.29) is 5.92 Å². The maximum Gasteiger partial charge on any atom is 0.313 e. The van der Waals surface area contributed by atoms with E-state index in [1.807, 2.05) is 18.2 Å². The van der Waals surface area contributed by atoms with Gasteiger partial charge in [0.15, 0.2) is 0 Å². The third-order valence-electron chi connectivity index (χ3n) is 4.17. The van der Waals surface area contributed by atoms with Crippen molar-refractivity contribution in [2.45, 2.75) is 13.5 Å². The summed E-state index contributed by atoms with van der Waals surface area (Å²) in [5, 5.41) is 18.4. The van der Waals surface area contributed by atoms with Crippen molar-refractivity contribution in [1.29, 1.82) is 5.26 Å². The highest BCUT2D eigenvalue weighted by molar-refractivity contribution is 5.71.